The van der Waals surface area contributed by atoms with Crippen LogP contribution in [0.1, 0.15) is 31.5 Å². The number of rotatable bonds is 3. The molecule has 5 heteroatoms. The van der Waals surface area contributed by atoms with Gasteiger partial charge in [0.25, 0.3) is 0 Å². The van der Waals surface area contributed by atoms with Crippen molar-refractivity contribution in [3.05, 3.63) is 5.82 Å². The largest absolute Gasteiger partial charge is 0.358 e. The van der Waals surface area contributed by atoms with Crippen LogP contribution in [0.2, 0.25) is 0 Å². The number of halogens is 1. The van der Waals surface area contributed by atoms with Crippen molar-refractivity contribution in [2.24, 2.45) is 5.92 Å². The van der Waals surface area contributed by atoms with Crippen LogP contribution in [-0.2, 0) is 0 Å². The van der Waals surface area contributed by atoms with Crippen LogP contribution in [0, 0.1) is 12.8 Å². The molecule has 0 radical (unpaired) electrons. The first-order chi connectivity index (χ1) is 7.28. The lowest BCUT2D eigenvalue weighted by atomic mass is 9.87. The number of alkyl halides is 1. The van der Waals surface area contributed by atoms with Gasteiger partial charge in [-0.1, -0.05) is 0 Å². The molecule has 1 aliphatic carbocycles. The summed E-state index contributed by atoms with van der Waals surface area (Å²) in [6.07, 6.45) is 4.88. The molecule has 1 saturated carbocycles. The first-order valence-electron chi connectivity index (χ1n) is 5.40. The van der Waals surface area contributed by atoms with Crippen molar-refractivity contribution in [1.82, 2.24) is 9.36 Å². The van der Waals surface area contributed by atoms with Gasteiger partial charge in [0.2, 0.25) is 5.13 Å². The maximum atomic E-state index is 5.85. The molecule has 1 fully saturated rings. The van der Waals surface area contributed by atoms with Crippen molar-refractivity contribution in [1.29, 1.82) is 0 Å². The molecular weight excluding hydrogens is 230 g/mol. The highest BCUT2D eigenvalue weighted by atomic mass is 35.5. The van der Waals surface area contributed by atoms with Gasteiger partial charge in [0, 0.05) is 23.5 Å². The third-order valence-electron chi connectivity index (χ3n) is 2.92. The highest BCUT2D eigenvalue weighted by molar-refractivity contribution is 7.09. The molecule has 0 unspecified atom stereocenters. The second-order valence-corrected chi connectivity index (χ2v) is 5.22. The van der Waals surface area contributed by atoms with E-state index in [0.29, 0.717) is 6.04 Å². The van der Waals surface area contributed by atoms with Gasteiger partial charge in [-0.15, -0.1) is 11.6 Å². The van der Waals surface area contributed by atoms with E-state index < -0.39 is 0 Å². The summed E-state index contributed by atoms with van der Waals surface area (Å²) in [5.74, 6) is 2.39. The van der Waals surface area contributed by atoms with Crippen molar-refractivity contribution < 1.29 is 0 Å². The fourth-order valence-electron chi connectivity index (χ4n) is 1.99. The number of hydrogen-bond donors (Lipinski definition) is 1. The van der Waals surface area contributed by atoms with Crippen molar-refractivity contribution in [3.63, 3.8) is 0 Å². The molecule has 0 bridgehead atoms. The maximum absolute atomic E-state index is 5.85. The molecule has 0 saturated heterocycles. The Morgan fingerprint density at radius 3 is 2.67 bits per heavy atom. The third kappa shape index (κ3) is 3.05. The minimum atomic E-state index is 0.566. The van der Waals surface area contributed by atoms with Gasteiger partial charge in [-0.2, -0.15) is 4.37 Å². The van der Waals surface area contributed by atoms with E-state index >= 15 is 0 Å². The summed E-state index contributed by atoms with van der Waals surface area (Å²) in [7, 11) is 0. The summed E-state index contributed by atoms with van der Waals surface area (Å²) in [6, 6.07) is 0.566. The molecule has 3 nitrogen and oxygen atoms in total. The zero-order valence-corrected chi connectivity index (χ0v) is 10.4. The van der Waals surface area contributed by atoms with E-state index in [-0.39, 0.29) is 0 Å². The molecule has 1 aromatic rings. The maximum Gasteiger partial charge on any atom is 0.202 e. The Bertz CT molecular complexity index is 307. The van der Waals surface area contributed by atoms with Crippen molar-refractivity contribution in [3.8, 4) is 0 Å². The molecule has 0 atom stereocenters. The fraction of sp³-hybridized carbons (Fsp3) is 0.800. The molecule has 1 aliphatic rings. The predicted molar refractivity (Wildman–Crippen MR) is 64.7 cm³/mol. The van der Waals surface area contributed by atoms with Crippen molar-refractivity contribution >= 4 is 28.3 Å². The van der Waals surface area contributed by atoms with Crippen LogP contribution in [0.25, 0.3) is 0 Å². The summed E-state index contributed by atoms with van der Waals surface area (Å²) in [5.41, 5.74) is 0. The lowest BCUT2D eigenvalue weighted by Crippen LogP contribution is -2.26. The van der Waals surface area contributed by atoms with E-state index in [2.05, 4.69) is 14.7 Å². The van der Waals surface area contributed by atoms with Crippen LogP contribution in [0.4, 0.5) is 5.13 Å². The Morgan fingerprint density at radius 1 is 1.40 bits per heavy atom. The van der Waals surface area contributed by atoms with Gasteiger partial charge in [0.15, 0.2) is 0 Å². The second-order valence-electron chi connectivity index (χ2n) is 4.16. The first kappa shape index (κ1) is 11.1. The Hall–Kier alpha value is -0.350. The zero-order valence-electron chi connectivity index (χ0n) is 8.87. The van der Waals surface area contributed by atoms with Gasteiger partial charge >= 0.3 is 0 Å². The van der Waals surface area contributed by atoms with Gasteiger partial charge in [0.05, 0.1) is 0 Å². The number of hydrogen-bond acceptors (Lipinski definition) is 4. The molecule has 0 spiro atoms. The molecule has 0 aromatic carbocycles. The molecule has 2 rings (SSSR count). The normalized spacial score (nSPS) is 26.5. The van der Waals surface area contributed by atoms with E-state index in [1.165, 1.54) is 37.2 Å². The molecule has 1 heterocycles. The van der Waals surface area contributed by atoms with E-state index in [4.69, 9.17) is 11.6 Å². The minimum absolute atomic E-state index is 0.566. The van der Waals surface area contributed by atoms with E-state index in [9.17, 15) is 0 Å². The monoisotopic (exact) mass is 245 g/mol. The number of anilines is 1. The quantitative estimate of drug-likeness (QED) is 0.832. The van der Waals surface area contributed by atoms with Crippen molar-refractivity contribution in [2.45, 2.75) is 38.6 Å². The standard InChI is InChI=1S/C10H16ClN3S/c1-7-12-10(15-14-7)13-9-4-2-8(6-11)3-5-9/h8-9H,2-6H2,1H3,(H,12,13,14). The molecule has 0 amide bonds. The van der Waals surface area contributed by atoms with Gasteiger partial charge in [-0.25, -0.2) is 4.98 Å². The van der Waals surface area contributed by atoms with Gasteiger partial charge in [-0.05, 0) is 38.5 Å². The number of nitrogens with one attached hydrogen (secondary N) is 1. The zero-order chi connectivity index (χ0) is 10.7. The summed E-state index contributed by atoms with van der Waals surface area (Å²) in [6.45, 7) is 1.92. The smallest absolute Gasteiger partial charge is 0.202 e. The summed E-state index contributed by atoms with van der Waals surface area (Å²) < 4.78 is 4.16. The minimum Gasteiger partial charge on any atom is -0.358 e. The highest BCUT2D eigenvalue weighted by Crippen LogP contribution is 2.27. The second kappa shape index (κ2) is 5.12. The highest BCUT2D eigenvalue weighted by Gasteiger charge is 2.20. The summed E-state index contributed by atoms with van der Waals surface area (Å²) in [5, 5.41) is 4.41. The van der Waals surface area contributed by atoms with E-state index in [1.807, 2.05) is 6.92 Å². The molecule has 0 aliphatic heterocycles. The lowest BCUT2D eigenvalue weighted by molar-refractivity contribution is 0.364. The van der Waals surface area contributed by atoms with Crippen molar-refractivity contribution in [2.75, 3.05) is 11.2 Å². The topological polar surface area (TPSA) is 37.8 Å². The summed E-state index contributed by atoms with van der Waals surface area (Å²) >= 11 is 7.30. The van der Waals surface area contributed by atoms with E-state index in [0.717, 1.165) is 22.8 Å². The van der Waals surface area contributed by atoms with Crippen LogP contribution < -0.4 is 5.32 Å². The lowest BCUT2D eigenvalue weighted by Gasteiger charge is -2.27. The molecule has 1 aromatic heterocycles. The van der Waals surface area contributed by atoms with Crippen LogP contribution in [0.3, 0.4) is 0 Å². The molecule has 15 heavy (non-hydrogen) atoms. The molecule has 84 valence electrons. The number of nitrogens with zero attached hydrogens (tertiary/aromatic N) is 2. The van der Waals surface area contributed by atoms with Crippen LogP contribution in [0.5, 0.6) is 0 Å². The SMILES string of the molecule is Cc1nsc(NC2CCC(CCl)CC2)n1. The van der Waals surface area contributed by atoms with Crippen LogP contribution in [-0.4, -0.2) is 21.3 Å². The average molecular weight is 246 g/mol. The van der Waals surface area contributed by atoms with Crippen LogP contribution in [0.15, 0.2) is 0 Å². The van der Waals surface area contributed by atoms with E-state index in [1.54, 1.807) is 0 Å². The molecular formula is C10H16ClN3S. The fourth-order valence-corrected chi connectivity index (χ4v) is 2.95. The number of aromatic nitrogens is 2. The Kier molecular flexibility index (Phi) is 3.81. The van der Waals surface area contributed by atoms with Gasteiger partial charge in [-0.3, -0.25) is 0 Å². The van der Waals surface area contributed by atoms with Crippen LogP contribution >= 0.6 is 23.1 Å². The summed E-state index contributed by atoms with van der Waals surface area (Å²) in [4.78, 5) is 4.31. The van der Waals surface area contributed by atoms with Gasteiger partial charge < -0.3 is 5.32 Å². The predicted octanol–water partition coefficient (Wildman–Crippen LogP) is 3.06. The first-order valence-corrected chi connectivity index (χ1v) is 6.71. The Balaban J connectivity index is 1.82. The number of aryl methyl sites for hydroxylation is 1. The average Bonchev–Trinajstić information content (AvgIpc) is 2.65. The molecule has 1 N–H and O–H groups in total. The Labute approximate surface area is 99.4 Å². The third-order valence-corrected chi connectivity index (χ3v) is 4.09. The Morgan fingerprint density at radius 2 is 2.13 bits per heavy atom. The van der Waals surface area contributed by atoms with Gasteiger partial charge in [0.1, 0.15) is 5.82 Å².